The highest BCUT2D eigenvalue weighted by atomic mass is 16.2. The topological polar surface area (TPSA) is 84.2 Å². The molecule has 0 aromatic heterocycles. The van der Waals surface area contributed by atoms with Crippen LogP contribution in [0.1, 0.15) is 18.1 Å². The Morgan fingerprint density at radius 1 is 1.18 bits per heavy atom. The minimum Gasteiger partial charge on any atom is -0.351 e. The zero-order valence-corrected chi connectivity index (χ0v) is 9.82. The molecular formula is C12H17N3O2. The second-order valence-corrected chi connectivity index (χ2v) is 3.69. The summed E-state index contributed by atoms with van der Waals surface area (Å²) in [7, 11) is 0. The van der Waals surface area contributed by atoms with Crippen molar-refractivity contribution in [1.29, 1.82) is 0 Å². The van der Waals surface area contributed by atoms with Gasteiger partial charge in [0.15, 0.2) is 0 Å². The van der Waals surface area contributed by atoms with Gasteiger partial charge in [0, 0.05) is 6.54 Å². The Bertz CT molecular complexity index is 387. The predicted molar refractivity (Wildman–Crippen MR) is 65.3 cm³/mol. The monoisotopic (exact) mass is 235 g/mol. The largest absolute Gasteiger partial charge is 0.351 e. The van der Waals surface area contributed by atoms with E-state index in [-0.39, 0.29) is 6.54 Å². The summed E-state index contributed by atoms with van der Waals surface area (Å²) in [6.07, 6.45) is 1.01. The van der Waals surface area contributed by atoms with E-state index in [1.165, 1.54) is 5.56 Å². The molecule has 17 heavy (non-hydrogen) atoms. The van der Waals surface area contributed by atoms with Gasteiger partial charge in [-0.15, -0.1) is 0 Å². The van der Waals surface area contributed by atoms with Crippen LogP contribution in [0.4, 0.5) is 4.79 Å². The number of aryl methyl sites for hydroxylation is 1. The van der Waals surface area contributed by atoms with Crippen molar-refractivity contribution in [1.82, 2.24) is 10.6 Å². The Morgan fingerprint density at radius 3 is 2.29 bits per heavy atom. The van der Waals surface area contributed by atoms with Crippen LogP contribution in [0.25, 0.3) is 0 Å². The van der Waals surface area contributed by atoms with E-state index in [9.17, 15) is 9.59 Å². The third kappa shape index (κ3) is 5.12. The SMILES string of the molecule is CCc1ccc(CNCC(=O)NC(N)=O)cc1. The van der Waals surface area contributed by atoms with Crippen molar-refractivity contribution in [3.63, 3.8) is 0 Å². The lowest BCUT2D eigenvalue weighted by molar-refractivity contribution is -0.119. The van der Waals surface area contributed by atoms with Crippen LogP contribution < -0.4 is 16.4 Å². The number of rotatable bonds is 5. The molecule has 3 amide bonds. The van der Waals surface area contributed by atoms with Crippen LogP contribution in [-0.2, 0) is 17.8 Å². The molecule has 5 nitrogen and oxygen atoms in total. The Kier molecular flexibility index (Phi) is 5.16. The average molecular weight is 235 g/mol. The number of hydrogen-bond donors (Lipinski definition) is 3. The summed E-state index contributed by atoms with van der Waals surface area (Å²) in [6, 6.07) is 7.31. The van der Waals surface area contributed by atoms with Crippen molar-refractivity contribution in [2.45, 2.75) is 19.9 Å². The first kappa shape index (κ1) is 13.2. The fourth-order valence-corrected chi connectivity index (χ4v) is 1.39. The van der Waals surface area contributed by atoms with Crippen molar-refractivity contribution >= 4 is 11.9 Å². The molecule has 0 bridgehead atoms. The Balaban J connectivity index is 2.30. The lowest BCUT2D eigenvalue weighted by Crippen LogP contribution is -2.40. The average Bonchev–Trinajstić information content (AvgIpc) is 2.29. The number of carbonyl (C=O) groups is 2. The molecule has 0 atom stereocenters. The zero-order valence-electron chi connectivity index (χ0n) is 9.82. The molecule has 0 aliphatic heterocycles. The summed E-state index contributed by atoms with van der Waals surface area (Å²) in [5.41, 5.74) is 7.18. The molecule has 1 rings (SSSR count). The molecule has 92 valence electrons. The number of carbonyl (C=O) groups excluding carboxylic acids is 2. The van der Waals surface area contributed by atoms with Crippen LogP contribution in [0.15, 0.2) is 24.3 Å². The van der Waals surface area contributed by atoms with E-state index in [0.717, 1.165) is 12.0 Å². The van der Waals surface area contributed by atoms with Crippen LogP contribution in [-0.4, -0.2) is 18.5 Å². The molecule has 0 aliphatic rings. The van der Waals surface area contributed by atoms with Gasteiger partial charge in [0.1, 0.15) is 0 Å². The van der Waals surface area contributed by atoms with Crippen LogP contribution >= 0.6 is 0 Å². The zero-order chi connectivity index (χ0) is 12.7. The minimum absolute atomic E-state index is 0.0679. The summed E-state index contributed by atoms with van der Waals surface area (Å²) in [6.45, 7) is 2.75. The van der Waals surface area contributed by atoms with Gasteiger partial charge in [0.05, 0.1) is 6.54 Å². The normalized spacial score (nSPS) is 9.94. The van der Waals surface area contributed by atoms with Gasteiger partial charge in [-0.2, -0.15) is 0 Å². The molecule has 0 saturated carbocycles. The van der Waals surface area contributed by atoms with Crippen molar-refractivity contribution in [2.24, 2.45) is 5.73 Å². The third-order valence-corrected chi connectivity index (χ3v) is 2.31. The van der Waals surface area contributed by atoms with Crippen molar-refractivity contribution < 1.29 is 9.59 Å². The van der Waals surface area contributed by atoms with Gasteiger partial charge in [-0.3, -0.25) is 10.1 Å². The maximum atomic E-state index is 11.1. The van der Waals surface area contributed by atoms with Crippen molar-refractivity contribution in [2.75, 3.05) is 6.54 Å². The van der Waals surface area contributed by atoms with Crippen LogP contribution in [0.3, 0.4) is 0 Å². The minimum atomic E-state index is -0.830. The summed E-state index contributed by atoms with van der Waals surface area (Å²) < 4.78 is 0. The number of amides is 3. The molecule has 0 saturated heterocycles. The number of nitrogens with one attached hydrogen (secondary N) is 2. The molecule has 1 aromatic carbocycles. The van der Waals surface area contributed by atoms with Gasteiger partial charge in [-0.25, -0.2) is 4.79 Å². The van der Waals surface area contributed by atoms with Gasteiger partial charge in [-0.1, -0.05) is 31.2 Å². The summed E-state index contributed by atoms with van der Waals surface area (Å²) in [4.78, 5) is 21.4. The smallest absolute Gasteiger partial charge is 0.318 e. The standard InChI is InChI=1S/C12H17N3O2/c1-2-9-3-5-10(6-4-9)7-14-8-11(16)15-12(13)17/h3-6,14H,2,7-8H2,1H3,(H3,13,15,16,17). The van der Waals surface area contributed by atoms with Gasteiger partial charge in [0.25, 0.3) is 0 Å². The molecule has 1 aromatic rings. The maximum Gasteiger partial charge on any atom is 0.318 e. The molecule has 0 unspecified atom stereocenters. The first-order valence-electron chi connectivity index (χ1n) is 5.49. The number of primary amides is 1. The van der Waals surface area contributed by atoms with E-state index in [4.69, 9.17) is 5.73 Å². The van der Waals surface area contributed by atoms with Gasteiger partial charge < -0.3 is 11.1 Å². The number of nitrogens with two attached hydrogens (primary N) is 1. The summed E-state index contributed by atoms with van der Waals surface area (Å²) in [5, 5.41) is 4.91. The second-order valence-electron chi connectivity index (χ2n) is 3.69. The molecule has 0 heterocycles. The second kappa shape index (κ2) is 6.65. The number of imide groups is 1. The van der Waals surface area contributed by atoms with Gasteiger partial charge >= 0.3 is 6.03 Å². The molecular weight excluding hydrogens is 218 g/mol. The van der Waals surface area contributed by atoms with E-state index >= 15 is 0 Å². The highest BCUT2D eigenvalue weighted by molar-refractivity contribution is 5.94. The van der Waals surface area contributed by atoms with Crippen molar-refractivity contribution in [3.8, 4) is 0 Å². The lowest BCUT2D eigenvalue weighted by Gasteiger charge is -2.05. The van der Waals surface area contributed by atoms with Crippen molar-refractivity contribution in [3.05, 3.63) is 35.4 Å². The molecule has 0 fully saturated rings. The molecule has 4 N–H and O–H groups in total. The third-order valence-electron chi connectivity index (χ3n) is 2.31. The van der Waals surface area contributed by atoms with Gasteiger partial charge in [-0.05, 0) is 17.5 Å². The quantitative estimate of drug-likeness (QED) is 0.696. The molecule has 0 radical (unpaired) electrons. The van der Waals surface area contributed by atoms with E-state index < -0.39 is 11.9 Å². The number of hydrogen-bond acceptors (Lipinski definition) is 3. The van der Waals surface area contributed by atoms with E-state index in [1.54, 1.807) is 0 Å². The van der Waals surface area contributed by atoms with Crippen LogP contribution in [0.2, 0.25) is 0 Å². The van der Waals surface area contributed by atoms with Crippen LogP contribution in [0.5, 0.6) is 0 Å². The Labute approximate surface area is 100 Å². The highest BCUT2D eigenvalue weighted by Crippen LogP contribution is 2.04. The first-order valence-corrected chi connectivity index (χ1v) is 5.49. The molecule has 5 heteroatoms. The number of benzene rings is 1. The fraction of sp³-hybridized carbons (Fsp3) is 0.333. The lowest BCUT2D eigenvalue weighted by atomic mass is 10.1. The summed E-state index contributed by atoms with van der Waals surface area (Å²) in [5.74, 6) is -0.428. The van der Waals surface area contributed by atoms with E-state index in [2.05, 4.69) is 24.4 Å². The van der Waals surface area contributed by atoms with Crippen LogP contribution in [0, 0.1) is 0 Å². The van der Waals surface area contributed by atoms with E-state index in [0.29, 0.717) is 6.54 Å². The number of urea groups is 1. The Hall–Kier alpha value is -1.88. The molecule has 0 aliphatic carbocycles. The predicted octanol–water partition coefficient (Wildman–Crippen LogP) is 0.533. The maximum absolute atomic E-state index is 11.1. The first-order chi connectivity index (χ1) is 8.11. The highest BCUT2D eigenvalue weighted by Gasteiger charge is 2.02. The fourth-order valence-electron chi connectivity index (χ4n) is 1.39. The van der Waals surface area contributed by atoms with Gasteiger partial charge in [0.2, 0.25) is 5.91 Å². The molecule has 0 spiro atoms. The summed E-state index contributed by atoms with van der Waals surface area (Å²) >= 11 is 0. The van der Waals surface area contributed by atoms with E-state index in [1.807, 2.05) is 17.4 Å². The Morgan fingerprint density at radius 2 is 1.76 bits per heavy atom.